The molecule has 0 unspecified atom stereocenters. The number of nitrogens with zero attached hydrogens (tertiary/aromatic N) is 3. The molecule has 174 valence electrons. The normalized spacial score (nSPS) is 11.1. The van der Waals surface area contributed by atoms with Gasteiger partial charge in [0, 0.05) is 29.4 Å². The summed E-state index contributed by atoms with van der Waals surface area (Å²) in [6, 6.07) is 18.2. The number of carbonyl (C=O) groups is 1. The molecular formula is C26H23ClFN3O2S. The van der Waals surface area contributed by atoms with Gasteiger partial charge in [-0.2, -0.15) is 0 Å². The number of amides is 1. The third-order valence-corrected chi connectivity index (χ3v) is 6.87. The summed E-state index contributed by atoms with van der Waals surface area (Å²) in [6.45, 7) is 5.01. The lowest BCUT2D eigenvalue weighted by Crippen LogP contribution is -2.30. The Labute approximate surface area is 206 Å². The molecule has 4 rings (SSSR count). The lowest BCUT2D eigenvalue weighted by molar-refractivity contribution is 0.0773. The standard InChI is InChI=1S/C26H23ClFN3O2S/c1-3-30(4-2)24(32)17-12-13-21-23(14-17)29-26(34-16-18-8-5-6-11-22(18)27)31(25(21)33)20-10-7-9-19(28)15-20/h5-15H,3-4,16H2,1-2H3. The maximum Gasteiger partial charge on any atom is 0.266 e. The van der Waals surface area contributed by atoms with Crippen molar-refractivity contribution >= 4 is 40.2 Å². The van der Waals surface area contributed by atoms with E-state index in [0.29, 0.717) is 51.2 Å². The fraction of sp³-hybridized carbons (Fsp3) is 0.192. The monoisotopic (exact) mass is 495 g/mol. The van der Waals surface area contributed by atoms with Crippen molar-refractivity contribution in [2.75, 3.05) is 13.1 Å². The van der Waals surface area contributed by atoms with Gasteiger partial charge >= 0.3 is 0 Å². The second-order valence-electron chi connectivity index (χ2n) is 7.60. The topological polar surface area (TPSA) is 55.2 Å². The van der Waals surface area contributed by atoms with Crippen LogP contribution in [0.5, 0.6) is 0 Å². The molecule has 0 aliphatic rings. The van der Waals surface area contributed by atoms with Gasteiger partial charge in [0.25, 0.3) is 11.5 Å². The van der Waals surface area contributed by atoms with Crippen LogP contribution in [-0.2, 0) is 5.75 Å². The Kier molecular flexibility index (Phi) is 7.34. The molecule has 0 aliphatic carbocycles. The number of aromatic nitrogens is 2. The summed E-state index contributed by atoms with van der Waals surface area (Å²) in [4.78, 5) is 32.8. The summed E-state index contributed by atoms with van der Waals surface area (Å²) in [5, 5.41) is 1.35. The summed E-state index contributed by atoms with van der Waals surface area (Å²) in [5.41, 5.74) is 1.81. The first kappa shape index (κ1) is 24.0. The van der Waals surface area contributed by atoms with Crippen molar-refractivity contribution in [2.24, 2.45) is 0 Å². The summed E-state index contributed by atoms with van der Waals surface area (Å²) in [5.74, 6) is -0.106. The van der Waals surface area contributed by atoms with Crippen molar-refractivity contribution in [3.05, 3.63) is 99.1 Å². The van der Waals surface area contributed by atoms with E-state index in [2.05, 4.69) is 0 Å². The minimum absolute atomic E-state index is 0.117. The van der Waals surface area contributed by atoms with Gasteiger partial charge in [0.05, 0.1) is 16.6 Å². The Balaban J connectivity index is 1.86. The third-order valence-electron chi connectivity index (χ3n) is 5.52. The quantitative estimate of drug-likeness (QED) is 0.235. The number of carbonyl (C=O) groups excluding carboxylic acids is 1. The number of benzene rings is 3. The summed E-state index contributed by atoms with van der Waals surface area (Å²) < 4.78 is 15.4. The summed E-state index contributed by atoms with van der Waals surface area (Å²) in [7, 11) is 0. The molecule has 0 N–H and O–H groups in total. The SMILES string of the molecule is CCN(CC)C(=O)c1ccc2c(=O)n(-c3cccc(F)c3)c(SCc3ccccc3Cl)nc2c1. The van der Waals surface area contributed by atoms with E-state index < -0.39 is 5.82 Å². The van der Waals surface area contributed by atoms with Crippen molar-refractivity contribution in [3.8, 4) is 5.69 Å². The van der Waals surface area contributed by atoms with Crippen LogP contribution in [-0.4, -0.2) is 33.4 Å². The highest BCUT2D eigenvalue weighted by Gasteiger charge is 2.18. The lowest BCUT2D eigenvalue weighted by Gasteiger charge is -2.19. The fourth-order valence-corrected chi connectivity index (χ4v) is 4.99. The highest BCUT2D eigenvalue weighted by Crippen LogP contribution is 2.28. The average Bonchev–Trinajstić information content (AvgIpc) is 2.84. The maximum atomic E-state index is 14.0. The van der Waals surface area contributed by atoms with Crippen LogP contribution < -0.4 is 5.56 Å². The average molecular weight is 496 g/mol. The van der Waals surface area contributed by atoms with Gasteiger partial charge < -0.3 is 4.90 Å². The first-order valence-electron chi connectivity index (χ1n) is 10.9. The molecule has 0 saturated heterocycles. The lowest BCUT2D eigenvalue weighted by atomic mass is 10.1. The van der Waals surface area contributed by atoms with Crippen LogP contribution in [0, 0.1) is 5.82 Å². The van der Waals surface area contributed by atoms with Crippen LogP contribution >= 0.6 is 23.4 Å². The van der Waals surface area contributed by atoms with E-state index in [-0.39, 0.29) is 11.5 Å². The van der Waals surface area contributed by atoms with Gasteiger partial charge in [-0.1, -0.05) is 47.6 Å². The first-order chi connectivity index (χ1) is 16.4. The van der Waals surface area contributed by atoms with Crippen LogP contribution in [0.2, 0.25) is 5.02 Å². The number of hydrogen-bond acceptors (Lipinski definition) is 4. The molecular weight excluding hydrogens is 473 g/mol. The van der Waals surface area contributed by atoms with E-state index in [0.717, 1.165) is 5.56 Å². The molecule has 0 spiro atoms. The van der Waals surface area contributed by atoms with Crippen LogP contribution in [0.1, 0.15) is 29.8 Å². The highest BCUT2D eigenvalue weighted by atomic mass is 35.5. The second kappa shape index (κ2) is 10.4. The fourth-order valence-electron chi connectivity index (χ4n) is 3.69. The summed E-state index contributed by atoms with van der Waals surface area (Å²) in [6.07, 6.45) is 0. The molecule has 0 atom stereocenters. The molecule has 0 aliphatic heterocycles. The minimum Gasteiger partial charge on any atom is -0.339 e. The van der Waals surface area contributed by atoms with Crippen molar-refractivity contribution in [1.82, 2.24) is 14.5 Å². The van der Waals surface area contributed by atoms with Gasteiger partial charge in [0.15, 0.2) is 5.16 Å². The van der Waals surface area contributed by atoms with E-state index in [1.54, 1.807) is 41.3 Å². The molecule has 0 fully saturated rings. The van der Waals surface area contributed by atoms with E-state index in [1.165, 1.54) is 28.5 Å². The third kappa shape index (κ3) is 4.86. The van der Waals surface area contributed by atoms with Crippen LogP contribution in [0.4, 0.5) is 4.39 Å². The van der Waals surface area contributed by atoms with Gasteiger partial charge in [-0.25, -0.2) is 9.37 Å². The number of rotatable bonds is 7. The first-order valence-corrected chi connectivity index (χ1v) is 12.3. The molecule has 0 saturated carbocycles. The number of fused-ring (bicyclic) bond motifs is 1. The van der Waals surface area contributed by atoms with Crippen LogP contribution in [0.25, 0.3) is 16.6 Å². The molecule has 1 heterocycles. The Morgan fingerprint density at radius 2 is 1.82 bits per heavy atom. The van der Waals surface area contributed by atoms with Crippen LogP contribution in [0.3, 0.4) is 0 Å². The summed E-state index contributed by atoms with van der Waals surface area (Å²) >= 11 is 7.64. The largest absolute Gasteiger partial charge is 0.339 e. The van der Waals surface area contributed by atoms with Crippen molar-refractivity contribution < 1.29 is 9.18 Å². The second-order valence-corrected chi connectivity index (χ2v) is 8.95. The number of hydrogen-bond donors (Lipinski definition) is 0. The van der Waals surface area contributed by atoms with Crippen LogP contribution in [0.15, 0.2) is 76.7 Å². The van der Waals surface area contributed by atoms with Crippen molar-refractivity contribution in [2.45, 2.75) is 24.8 Å². The predicted molar refractivity (Wildman–Crippen MR) is 136 cm³/mol. The zero-order chi connectivity index (χ0) is 24.2. The zero-order valence-corrected chi connectivity index (χ0v) is 20.4. The molecule has 0 bridgehead atoms. The van der Waals surface area contributed by atoms with Gasteiger partial charge in [0.1, 0.15) is 5.82 Å². The Morgan fingerprint density at radius 3 is 2.53 bits per heavy atom. The predicted octanol–water partition coefficient (Wildman–Crippen LogP) is 5.95. The van der Waals surface area contributed by atoms with E-state index >= 15 is 0 Å². The van der Waals surface area contributed by atoms with Crippen molar-refractivity contribution in [3.63, 3.8) is 0 Å². The van der Waals surface area contributed by atoms with E-state index in [4.69, 9.17) is 16.6 Å². The molecule has 1 aromatic heterocycles. The number of halogens is 2. The zero-order valence-electron chi connectivity index (χ0n) is 18.8. The molecule has 0 radical (unpaired) electrons. The molecule has 4 aromatic rings. The smallest absolute Gasteiger partial charge is 0.266 e. The minimum atomic E-state index is -0.452. The van der Waals surface area contributed by atoms with Gasteiger partial charge in [-0.15, -0.1) is 0 Å². The van der Waals surface area contributed by atoms with Gasteiger partial charge in [-0.3, -0.25) is 14.2 Å². The maximum absolute atomic E-state index is 14.0. The Hall–Kier alpha value is -3.16. The van der Waals surface area contributed by atoms with Crippen molar-refractivity contribution in [1.29, 1.82) is 0 Å². The number of thioether (sulfide) groups is 1. The van der Waals surface area contributed by atoms with Gasteiger partial charge in [-0.05, 0) is 61.9 Å². The van der Waals surface area contributed by atoms with E-state index in [1.807, 2.05) is 32.0 Å². The Bertz CT molecular complexity index is 1420. The molecule has 8 heteroatoms. The Morgan fingerprint density at radius 1 is 1.06 bits per heavy atom. The molecule has 3 aromatic carbocycles. The van der Waals surface area contributed by atoms with E-state index in [9.17, 15) is 14.0 Å². The molecule has 5 nitrogen and oxygen atoms in total. The highest BCUT2D eigenvalue weighted by molar-refractivity contribution is 7.98. The molecule has 1 amide bonds. The molecule has 34 heavy (non-hydrogen) atoms. The van der Waals surface area contributed by atoms with Gasteiger partial charge in [0.2, 0.25) is 0 Å².